The number of rotatable bonds is 3. The van der Waals surface area contributed by atoms with Crippen molar-refractivity contribution in [3.8, 4) is 0 Å². The predicted molar refractivity (Wildman–Crippen MR) is 112 cm³/mol. The number of ether oxygens (including phenoxy) is 1. The Hall–Kier alpha value is -2.34. The zero-order valence-electron chi connectivity index (χ0n) is 17.2. The van der Waals surface area contributed by atoms with Gasteiger partial charge in [0.2, 0.25) is 5.91 Å². The first-order valence-electron chi connectivity index (χ1n) is 10.4. The summed E-state index contributed by atoms with van der Waals surface area (Å²) in [5.41, 5.74) is 3.69. The molecule has 0 unspecified atom stereocenters. The Morgan fingerprint density at radius 3 is 2.36 bits per heavy atom. The van der Waals surface area contributed by atoms with E-state index in [4.69, 9.17) is 4.74 Å². The van der Waals surface area contributed by atoms with Gasteiger partial charge in [0.05, 0.1) is 18.9 Å². The molecular weight excluding hydrogens is 354 g/mol. The first kappa shape index (κ1) is 20.4. The Bertz CT molecular complexity index is 753. The summed E-state index contributed by atoms with van der Waals surface area (Å²) in [7, 11) is 0. The number of anilines is 2. The molecule has 0 spiro atoms. The van der Waals surface area contributed by atoms with Gasteiger partial charge in [-0.1, -0.05) is 19.9 Å². The van der Waals surface area contributed by atoms with Crippen LogP contribution in [-0.2, 0) is 14.3 Å². The summed E-state index contributed by atoms with van der Waals surface area (Å²) in [6, 6.07) is 5.98. The van der Waals surface area contributed by atoms with E-state index < -0.39 is 0 Å². The summed E-state index contributed by atoms with van der Waals surface area (Å²) in [6.07, 6.45) is 4.44. The fraction of sp³-hybridized carbons (Fsp3) is 0.545. The van der Waals surface area contributed by atoms with Crippen molar-refractivity contribution in [3.05, 3.63) is 35.5 Å². The lowest BCUT2D eigenvalue weighted by atomic mass is 10.1. The molecule has 2 saturated heterocycles. The quantitative estimate of drug-likeness (QED) is 0.802. The Kier molecular flexibility index (Phi) is 6.73. The van der Waals surface area contributed by atoms with E-state index in [2.05, 4.69) is 4.90 Å². The summed E-state index contributed by atoms with van der Waals surface area (Å²) in [6.45, 7) is 10.3. The average Bonchev–Trinajstić information content (AvgIpc) is 3.16. The maximum atomic E-state index is 13.0. The molecule has 0 aliphatic carbocycles. The van der Waals surface area contributed by atoms with E-state index in [1.807, 2.05) is 54.8 Å². The molecule has 3 aliphatic heterocycles. The molecule has 3 aliphatic rings. The molecule has 0 radical (unpaired) electrons. The molecule has 2 fully saturated rings. The van der Waals surface area contributed by atoms with Crippen LogP contribution >= 0.6 is 0 Å². The molecule has 0 aromatic heterocycles. The third-order valence-electron chi connectivity index (χ3n) is 5.36. The van der Waals surface area contributed by atoms with Crippen molar-refractivity contribution in [2.24, 2.45) is 0 Å². The van der Waals surface area contributed by atoms with E-state index in [0.717, 1.165) is 55.1 Å². The Labute approximate surface area is 167 Å². The fourth-order valence-corrected chi connectivity index (χ4v) is 3.99. The van der Waals surface area contributed by atoms with E-state index >= 15 is 0 Å². The van der Waals surface area contributed by atoms with Crippen LogP contribution in [0.1, 0.15) is 38.7 Å². The van der Waals surface area contributed by atoms with Gasteiger partial charge in [0.15, 0.2) is 0 Å². The van der Waals surface area contributed by atoms with Gasteiger partial charge >= 0.3 is 0 Å². The normalized spacial score (nSPS) is 20.1. The first-order chi connectivity index (χ1) is 13.6. The lowest BCUT2D eigenvalue weighted by Gasteiger charge is -2.36. The monoisotopic (exact) mass is 385 g/mol. The summed E-state index contributed by atoms with van der Waals surface area (Å²) in [5, 5.41) is 0. The van der Waals surface area contributed by atoms with Gasteiger partial charge in [-0.15, -0.1) is 0 Å². The van der Waals surface area contributed by atoms with Crippen molar-refractivity contribution >= 4 is 23.2 Å². The number of benzene rings is 1. The molecule has 152 valence electrons. The van der Waals surface area contributed by atoms with Crippen LogP contribution < -0.4 is 9.80 Å². The number of hydrogen-bond acceptors (Lipinski definition) is 4. The van der Waals surface area contributed by atoms with Gasteiger partial charge in [-0.2, -0.15) is 0 Å². The van der Waals surface area contributed by atoms with Crippen LogP contribution in [0.2, 0.25) is 0 Å². The highest BCUT2D eigenvalue weighted by Crippen LogP contribution is 2.30. The van der Waals surface area contributed by atoms with Gasteiger partial charge in [-0.3, -0.25) is 9.59 Å². The van der Waals surface area contributed by atoms with Gasteiger partial charge in [-0.05, 0) is 43.5 Å². The topological polar surface area (TPSA) is 53.1 Å². The second-order valence-electron chi connectivity index (χ2n) is 7.05. The number of amides is 2. The van der Waals surface area contributed by atoms with E-state index in [0.29, 0.717) is 26.2 Å². The van der Waals surface area contributed by atoms with Gasteiger partial charge in [-0.25, -0.2) is 0 Å². The first-order valence-corrected chi connectivity index (χ1v) is 10.4. The molecule has 0 atom stereocenters. The lowest BCUT2D eigenvalue weighted by molar-refractivity contribution is -0.118. The standard InChI is InChI=1S/C20H25N3O3.C2H6/c1-15-14-16(6-7-17(15)23-9-3-5-19(23)24)22-8-2-4-18(20(22)25)21-10-12-26-13-11-21;1-2/h4,6-7,14H,2-3,5,8-13H2,1H3;1-2H3. The highest BCUT2D eigenvalue weighted by molar-refractivity contribution is 6.06. The van der Waals surface area contributed by atoms with Crippen LogP contribution in [0.4, 0.5) is 11.4 Å². The number of carbonyl (C=O) groups is 2. The minimum atomic E-state index is 0.0579. The maximum absolute atomic E-state index is 13.0. The molecule has 3 heterocycles. The van der Waals surface area contributed by atoms with Gasteiger partial charge < -0.3 is 19.4 Å². The van der Waals surface area contributed by atoms with E-state index in [1.54, 1.807) is 0 Å². The third-order valence-corrected chi connectivity index (χ3v) is 5.36. The Morgan fingerprint density at radius 1 is 0.964 bits per heavy atom. The van der Waals surface area contributed by atoms with Gasteiger partial charge in [0.1, 0.15) is 0 Å². The molecule has 4 rings (SSSR count). The SMILES string of the molecule is CC.Cc1cc(N2CCC=C(N3CCOCC3)C2=O)ccc1N1CCCC1=O. The molecule has 28 heavy (non-hydrogen) atoms. The lowest BCUT2D eigenvalue weighted by Crippen LogP contribution is -2.45. The molecule has 1 aromatic rings. The van der Waals surface area contributed by atoms with Crippen LogP contribution in [0, 0.1) is 6.92 Å². The van der Waals surface area contributed by atoms with Crippen molar-refractivity contribution < 1.29 is 14.3 Å². The third kappa shape index (κ3) is 4.07. The predicted octanol–water partition coefficient (Wildman–Crippen LogP) is 3.10. The van der Waals surface area contributed by atoms with Crippen molar-refractivity contribution in [2.45, 2.75) is 40.0 Å². The molecule has 0 bridgehead atoms. The Balaban J connectivity index is 0.00000109. The van der Waals surface area contributed by atoms with Gasteiger partial charge in [0.25, 0.3) is 5.91 Å². The zero-order chi connectivity index (χ0) is 20.1. The number of aryl methyl sites for hydroxylation is 1. The summed E-state index contributed by atoms with van der Waals surface area (Å²) >= 11 is 0. The highest BCUT2D eigenvalue weighted by atomic mass is 16.5. The molecule has 1 aromatic carbocycles. The van der Waals surface area contributed by atoms with Crippen LogP contribution in [0.5, 0.6) is 0 Å². The molecule has 6 nitrogen and oxygen atoms in total. The van der Waals surface area contributed by atoms with E-state index in [-0.39, 0.29) is 11.8 Å². The molecular formula is C22H31N3O3. The molecule has 6 heteroatoms. The highest BCUT2D eigenvalue weighted by Gasteiger charge is 2.29. The van der Waals surface area contributed by atoms with Crippen molar-refractivity contribution in [3.63, 3.8) is 0 Å². The average molecular weight is 386 g/mol. The summed E-state index contributed by atoms with van der Waals surface area (Å²) < 4.78 is 5.40. The molecule has 0 saturated carbocycles. The van der Waals surface area contributed by atoms with Gasteiger partial charge in [0, 0.05) is 44.0 Å². The number of morpholine rings is 1. The van der Waals surface area contributed by atoms with Crippen molar-refractivity contribution in [2.75, 3.05) is 49.2 Å². The molecule has 2 amide bonds. The number of hydrogen-bond donors (Lipinski definition) is 0. The largest absolute Gasteiger partial charge is 0.378 e. The van der Waals surface area contributed by atoms with Crippen LogP contribution in [0.3, 0.4) is 0 Å². The smallest absolute Gasteiger partial charge is 0.274 e. The summed E-state index contributed by atoms with van der Waals surface area (Å²) in [5.74, 6) is 0.245. The van der Waals surface area contributed by atoms with E-state index in [1.165, 1.54) is 0 Å². The second-order valence-corrected chi connectivity index (χ2v) is 7.05. The number of carbonyl (C=O) groups excluding carboxylic acids is 2. The summed E-state index contributed by atoms with van der Waals surface area (Å²) in [4.78, 5) is 30.9. The molecule has 0 N–H and O–H groups in total. The zero-order valence-corrected chi connectivity index (χ0v) is 17.2. The number of nitrogens with zero attached hydrogens (tertiary/aromatic N) is 3. The minimum Gasteiger partial charge on any atom is -0.378 e. The minimum absolute atomic E-state index is 0.0579. The van der Waals surface area contributed by atoms with Crippen molar-refractivity contribution in [1.82, 2.24) is 4.90 Å². The second kappa shape index (κ2) is 9.24. The van der Waals surface area contributed by atoms with Crippen molar-refractivity contribution in [1.29, 1.82) is 0 Å². The maximum Gasteiger partial charge on any atom is 0.274 e. The van der Waals surface area contributed by atoms with Crippen LogP contribution in [0.15, 0.2) is 30.0 Å². The Morgan fingerprint density at radius 2 is 1.71 bits per heavy atom. The van der Waals surface area contributed by atoms with E-state index in [9.17, 15) is 9.59 Å². The van der Waals surface area contributed by atoms with Crippen LogP contribution in [0.25, 0.3) is 0 Å². The fourth-order valence-electron chi connectivity index (χ4n) is 3.99. The van der Waals surface area contributed by atoms with Crippen LogP contribution in [-0.4, -0.2) is 56.1 Å².